The third-order valence-electron chi connectivity index (χ3n) is 11.1. The van der Waals surface area contributed by atoms with Crippen LogP contribution in [0.4, 0.5) is 0 Å². The molecule has 14 nitrogen and oxygen atoms in total. The number of rotatable bonds is 17. The van der Waals surface area contributed by atoms with Gasteiger partial charge in [-0.3, -0.25) is 14.4 Å². The molecule has 0 radical (unpaired) electrons. The Bertz CT molecular complexity index is 2130. The minimum atomic E-state index is -0.742. The zero-order valence-corrected chi connectivity index (χ0v) is 34.7. The maximum atomic E-state index is 14.3. The summed E-state index contributed by atoms with van der Waals surface area (Å²) in [7, 11) is 4.32. The summed E-state index contributed by atoms with van der Waals surface area (Å²) in [6, 6.07) is 0. The third-order valence-corrected chi connectivity index (χ3v) is 11.1. The summed E-state index contributed by atoms with van der Waals surface area (Å²) in [4.78, 5) is 51.0. The molecule has 8 bridgehead atoms. The largest absolute Gasteiger partial charge is 0.469 e. The molecule has 3 unspecified atom stereocenters. The predicted molar refractivity (Wildman–Crippen MR) is 217 cm³/mol. The highest BCUT2D eigenvalue weighted by Gasteiger charge is 2.37. The van der Waals surface area contributed by atoms with Gasteiger partial charge in [-0.2, -0.15) is 0 Å². The second-order valence-electron chi connectivity index (χ2n) is 14.6. The molecular weight excluding hydrogens is 730 g/mol. The zero-order chi connectivity index (χ0) is 41.4. The number of H-pyrrole nitrogens is 3. The lowest BCUT2D eigenvalue weighted by Crippen LogP contribution is -2.29. The van der Waals surface area contributed by atoms with Crippen molar-refractivity contribution in [3.8, 4) is 0 Å². The fraction of sp³-hybridized carbons (Fsp3) is 0.512. The van der Waals surface area contributed by atoms with Crippen molar-refractivity contribution in [3.63, 3.8) is 0 Å². The Kier molecular flexibility index (Phi) is 14.8. The number of esters is 2. The van der Waals surface area contributed by atoms with Gasteiger partial charge in [0.1, 0.15) is 0 Å². The number of fused-ring (bicyclic) bond motifs is 8. The summed E-state index contributed by atoms with van der Waals surface area (Å²) in [5, 5.41) is 19.4. The number of ether oxygens (including phenoxy) is 5. The predicted octanol–water partition coefficient (Wildman–Crippen LogP) is 3.72. The Labute approximate surface area is 334 Å². The first-order valence-electron chi connectivity index (χ1n) is 19.7. The number of carbonyl (C=O) groups is 3. The van der Waals surface area contributed by atoms with E-state index in [0.717, 1.165) is 56.5 Å². The summed E-state index contributed by atoms with van der Waals surface area (Å²) in [6.45, 7) is 14.1. The van der Waals surface area contributed by atoms with Crippen LogP contribution in [-0.4, -0.2) is 98.8 Å². The fourth-order valence-corrected chi connectivity index (χ4v) is 7.95. The van der Waals surface area contributed by atoms with Crippen LogP contribution in [0.1, 0.15) is 107 Å². The molecular formula is C43H59N5O9. The number of aromatic amines is 3. The van der Waals surface area contributed by atoms with Crippen molar-refractivity contribution in [3.05, 3.63) is 78.2 Å². The van der Waals surface area contributed by atoms with E-state index in [4.69, 9.17) is 23.7 Å². The van der Waals surface area contributed by atoms with Gasteiger partial charge in [0.25, 0.3) is 5.91 Å². The number of nitrogens with one attached hydrogen (secondary N) is 5. The molecule has 2 aliphatic rings. The van der Waals surface area contributed by atoms with E-state index >= 15 is 0 Å². The van der Waals surface area contributed by atoms with E-state index in [0.29, 0.717) is 66.6 Å². The number of hydrogen-bond donors (Lipinski definition) is 6. The lowest BCUT2D eigenvalue weighted by atomic mass is 9.85. The molecule has 0 aromatic carbocycles. The zero-order valence-electron chi connectivity index (χ0n) is 34.7. The number of aliphatic hydroxyl groups excluding tert-OH is 1. The van der Waals surface area contributed by atoms with Gasteiger partial charge in [0.05, 0.1) is 71.0 Å². The standard InChI is InChI=1S/C43H59N5O9/c1-10-28-23(2)31-22-36-39(27(6)49)25(4)33(46-36)20-32-24(3)29(11-12-37(50)54-8)41(47-32)30(19-38(51)55-9)42-40(26(5)34(48-42)21-35(28)45-31)43(52)44-13-14-56-17-18-57-16-15-53-7/h20-22,24,27,29,45-49H,10-19H2,1-9H3,(H,44,52). The normalized spacial score (nSPS) is 16.7. The SMILES string of the molecule is CCc1c(C)c2[nH]c1=Cc1[nH]c(c(C(=O)NCCOCCOCCOC)c1C)C(CC(=O)OC)=C1NC(=Cc3[nH]c(c(C(C)O)c3C)C=2)C(C)C1CCC(=O)OC. The molecule has 2 aliphatic heterocycles. The van der Waals surface area contributed by atoms with Gasteiger partial charge in [0, 0.05) is 82.2 Å². The Balaban J connectivity index is 1.74. The average molecular weight is 790 g/mol. The second-order valence-corrected chi connectivity index (χ2v) is 14.6. The highest BCUT2D eigenvalue weighted by Crippen LogP contribution is 2.43. The molecule has 57 heavy (non-hydrogen) atoms. The summed E-state index contributed by atoms with van der Waals surface area (Å²) in [6.07, 6.45) is 6.48. The number of hydrogen-bond acceptors (Lipinski definition) is 10. The van der Waals surface area contributed by atoms with Crippen molar-refractivity contribution in [1.82, 2.24) is 25.6 Å². The van der Waals surface area contributed by atoms with Crippen LogP contribution in [0.5, 0.6) is 0 Å². The lowest BCUT2D eigenvalue weighted by Gasteiger charge is -2.19. The molecule has 1 saturated heterocycles. The van der Waals surface area contributed by atoms with Gasteiger partial charge in [0.2, 0.25) is 0 Å². The Hall–Kier alpha value is -4.89. The summed E-state index contributed by atoms with van der Waals surface area (Å²) in [5.74, 6) is -1.59. The third kappa shape index (κ3) is 9.63. The monoisotopic (exact) mass is 789 g/mol. The van der Waals surface area contributed by atoms with Gasteiger partial charge in [-0.15, -0.1) is 0 Å². The van der Waals surface area contributed by atoms with E-state index in [1.807, 2.05) is 32.1 Å². The maximum Gasteiger partial charge on any atom is 0.310 e. The molecule has 5 heterocycles. The smallest absolute Gasteiger partial charge is 0.310 e. The quantitative estimate of drug-likeness (QED) is 0.0870. The minimum absolute atomic E-state index is 0.143. The molecule has 1 fully saturated rings. The number of allylic oxidation sites excluding steroid dienone is 2. The topological polar surface area (TPSA) is 189 Å². The Morgan fingerprint density at radius 2 is 1.49 bits per heavy atom. The molecule has 1 amide bonds. The van der Waals surface area contributed by atoms with Crippen LogP contribution < -0.4 is 21.3 Å². The van der Waals surface area contributed by atoms with Crippen molar-refractivity contribution < 1.29 is 43.2 Å². The van der Waals surface area contributed by atoms with Crippen molar-refractivity contribution >= 4 is 41.6 Å². The molecule has 3 aromatic heterocycles. The van der Waals surface area contributed by atoms with Crippen molar-refractivity contribution in [2.24, 2.45) is 11.8 Å². The van der Waals surface area contributed by atoms with Crippen LogP contribution in [0.2, 0.25) is 0 Å². The first-order chi connectivity index (χ1) is 27.3. The molecule has 0 saturated carbocycles. The first-order valence-corrected chi connectivity index (χ1v) is 19.7. The van der Waals surface area contributed by atoms with E-state index in [-0.39, 0.29) is 49.7 Å². The van der Waals surface area contributed by atoms with E-state index in [1.54, 1.807) is 14.0 Å². The van der Waals surface area contributed by atoms with Gasteiger partial charge >= 0.3 is 11.9 Å². The fourth-order valence-electron chi connectivity index (χ4n) is 7.95. The van der Waals surface area contributed by atoms with E-state index < -0.39 is 12.1 Å². The molecule has 0 aliphatic carbocycles. The molecule has 3 aromatic rings. The molecule has 14 heteroatoms. The van der Waals surface area contributed by atoms with E-state index in [2.05, 4.69) is 46.4 Å². The van der Waals surface area contributed by atoms with Gasteiger partial charge in [0.15, 0.2) is 0 Å². The number of methoxy groups -OCH3 is 3. The van der Waals surface area contributed by atoms with Crippen LogP contribution in [0.3, 0.4) is 0 Å². The number of aromatic nitrogens is 3. The summed E-state index contributed by atoms with van der Waals surface area (Å²) >= 11 is 0. The summed E-state index contributed by atoms with van der Waals surface area (Å²) < 4.78 is 26.5. The van der Waals surface area contributed by atoms with Crippen LogP contribution in [0, 0.1) is 32.6 Å². The highest BCUT2D eigenvalue weighted by atomic mass is 16.5. The van der Waals surface area contributed by atoms with Gasteiger partial charge in [-0.25, -0.2) is 0 Å². The van der Waals surface area contributed by atoms with Gasteiger partial charge in [-0.05, 0) is 81.0 Å². The van der Waals surface area contributed by atoms with Crippen LogP contribution >= 0.6 is 0 Å². The molecule has 3 atom stereocenters. The lowest BCUT2D eigenvalue weighted by molar-refractivity contribution is -0.141. The number of amides is 1. The van der Waals surface area contributed by atoms with Crippen LogP contribution in [0.25, 0.3) is 23.8 Å². The van der Waals surface area contributed by atoms with Crippen LogP contribution in [0.15, 0.2) is 11.4 Å². The highest BCUT2D eigenvalue weighted by molar-refractivity contribution is 6.03. The molecule has 5 rings (SSSR count). The maximum absolute atomic E-state index is 14.3. The van der Waals surface area contributed by atoms with E-state index in [9.17, 15) is 19.5 Å². The second kappa shape index (κ2) is 19.5. The first kappa shape index (κ1) is 43.2. The van der Waals surface area contributed by atoms with Gasteiger partial charge < -0.3 is 54.4 Å². The van der Waals surface area contributed by atoms with Crippen molar-refractivity contribution in [2.45, 2.75) is 73.3 Å². The summed E-state index contributed by atoms with van der Waals surface area (Å²) in [5.41, 5.74) is 9.81. The minimum Gasteiger partial charge on any atom is -0.469 e. The van der Waals surface area contributed by atoms with Crippen molar-refractivity contribution in [1.29, 1.82) is 0 Å². The van der Waals surface area contributed by atoms with Crippen molar-refractivity contribution in [2.75, 3.05) is 60.9 Å². The average Bonchev–Trinajstić information content (AvgIpc) is 3.87. The number of carbonyl (C=O) groups excluding carboxylic acids is 3. The molecule has 6 N–H and O–H groups in total. The van der Waals surface area contributed by atoms with Crippen LogP contribution in [-0.2, 0) is 39.7 Å². The Morgan fingerprint density at radius 3 is 2.16 bits per heavy atom. The molecule has 310 valence electrons. The molecule has 0 spiro atoms. The Morgan fingerprint density at radius 1 is 0.825 bits per heavy atom. The number of aliphatic hydroxyl groups is 1. The van der Waals surface area contributed by atoms with E-state index in [1.165, 1.54) is 14.2 Å². The van der Waals surface area contributed by atoms with Gasteiger partial charge in [-0.1, -0.05) is 13.8 Å².